The molecule has 0 aliphatic carbocycles. The van der Waals surface area contributed by atoms with Crippen molar-refractivity contribution in [2.24, 2.45) is 0 Å². The number of hydrogen-bond acceptors (Lipinski definition) is 4. The van der Waals surface area contributed by atoms with Crippen LogP contribution < -0.4 is 9.62 Å². The third kappa shape index (κ3) is 3.91. The highest BCUT2D eigenvalue weighted by Gasteiger charge is 2.28. The Morgan fingerprint density at radius 1 is 1.33 bits per heavy atom. The lowest BCUT2D eigenvalue weighted by Gasteiger charge is -2.18. The van der Waals surface area contributed by atoms with Crippen molar-refractivity contribution >= 4 is 50.2 Å². The minimum atomic E-state index is -3.26. The average molecular weight is 385 g/mol. The molecule has 3 rings (SSSR count). The van der Waals surface area contributed by atoms with Crippen LogP contribution in [0.1, 0.15) is 17.7 Å². The summed E-state index contributed by atoms with van der Waals surface area (Å²) in [6, 6.07) is 8.83. The molecule has 1 aromatic carbocycles. The number of hydrogen-bond donors (Lipinski definition) is 1. The fraction of sp³-hybridized carbons (Fsp3) is 0.312. The first-order valence-electron chi connectivity index (χ1n) is 7.58. The number of nitrogens with zero attached hydrogens (tertiary/aromatic N) is 1. The quantitative estimate of drug-likeness (QED) is 0.857. The summed E-state index contributed by atoms with van der Waals surface area (Å²) in [5.41, 5.74) is 0.970. The van der Waals surface area contributed by atoms with Crippen molar-refractivity contribution in [3.8, 4) is 0 Å². The van der Waals surface area contributed by atoms with E-state index in [-0.39, 0.29) is 11.7 Å². The van der Waals surface area contributed by atoms with Gasteiger partial charge in [-0.1, -0.05) is 17.7 Å². The van der Waals surface area contributed by atoms with Gasteiger partial charge in [0.2, 0.25) is 15.9 Å². The first-order chi connectivity index (χ1) is 11.5. The Bertz CT molecular complexity index is 835. The van der Waals surface area contributed by atoms with Crippen molar-refractivity contribution in [3.05, 3.63) is 45.6 Å². The zero-order valence-corrected chi connectivity index (χ0v) is 15.3. The van der Waals surface area contributed by atoms with Crippen LogP contribution in [-0.2, 0) is 21.2 Å². The molecule has 24 heavy (non-hydrogen) atoms. The molecule has 1 saturated heterocycles. The van der Waals surface area contributed by atoms with Crippen LogP contribution in [0, 0.1) is 0 Å². The number of amides is 1. The highest BCUT2D eigenvalue weighted by atomic mass is 35.5. The number of benzene rings is 1. The number of nitrogens with one attached hydrogen (secondary N) is 1. The van der Waals surface area contributed by atoms with E-state index in [4.69, 9.17) is 11.6 Å². The maximum absolute atomic E-state index is 12.1. The van der Waals surface area contributed by atoms with Gasteiger partial charge in [-0.15, -0.1) is 11.3 Å². The summed E-state index contributed by atoms with van der Waals surface area (Å²) in [7, 11) is -3.26. The predicted molar refractivity (Wildman–Crippen MR) is 98.5 cm³/mol. The Kier molecular flexibility index (Phi) is 5.12. The van der Waals surface area contributed by atoms with Gasteiger partial charge in [0, 0.05) is 17.8 Å². The Labute approximate surface area is 150 Å². The zero-order chi connectivity index (χ0) is 17.2. The van der Waals surface area contributed by atoms with Gasteiger partial charge in [0.15, 0.2) is 0 Å². The SMILES string of the molecule is O=C(CCc1cccs1)Nc1cc(N2CCCS2(=O)=O)ccc1Cl. The number of thiophene rings is 1. The number of rotatable bonds is 5. The van der Waals surface area contributed by atoms with E-state index in [0.29, 0.717) is 42.2 Å². The van der Waals surface area contributed by atoms with Crippen molar-refractivity contribution in [1.29, 1.82) is 0 Å². The minimum Gasteiger partial charge on any atom is -0.325 e. The number of sulfonamides is 1. The third-order valence-corrected chi connectivity index (χ3v) is 6.93. The lowest BCUT2D eigenvalue weighted by molar-refractivity contribution is -0.116. The number of aryl methyl sites for hydroxylation is 1. The van der Waals surface area contributed by atoms with Gasteiger partial charge in [-0.05, 0) is 42.5 Å². The summed E-state index contributed by atoms with van der Waals surface area (Å²) >= 11 is 7.75. The topological polar surface area (TPSA) is 66.5 Å². The molecule has 0 unspecified atom stereocenters. The van der Waals surface area contributed by atoms with E-state index < -0.39 is 10.0 Å². The van der Waals surface area contributed by atoms with Crippen molar-refractivity contribution in [2.45, 2.75) is 19.3 Å². The molecule has 1 amide bonds. The fourth-order valence-corrected chi connectivity index (χ4v) is 5.03. The maximum Gasteiger partial charge on any atom is 0.235 e. The van der Waals surface area contributed by atoms with Crippen LogP contribution in [0.15, 0.2) is 35.7 Å². The summed E-state index contributed by atoms with van der Waals surface area (Å²) in [4.78, 5) is 13.3. The molecule has 0 radical (unpaired) electrons. The summed E-state index contributed by atoms with van der Waals surface area (Å²) < 4.78 is 25.4. The Balaban J connectivity index is 1.71. The number of carbonyl (C=O) groups excluding carboxylic acids is 1. The van der Waals surface area contributed by atoms with Gasteiger partial charge in [-0.3, -0.25) is 9.10 Å². The van der Waals surface area contributed by atoms with Crippen LogP contribution in [0.5, 0.6) is 0 Å². The highest BCUT2D eigenvalue weighted by molar-refractivity contribution is 7.93. The van der Waals surface area contributed by atoms with Crippen LogP contribution in [-0.4, -0.2) is 26.6 Å². The van der Waals surface area contributed by atoms with Crippen LogP contribution in [0.4, 0.5) is 11.4 Å². The molecule has 1 aliphatic rings. The van der Waals surface area contributed by atoms with Gasteiger partial charge < -0.3 is 5.32 Å². The lowest BCUT2D eigenvalue weighted by atomic mass is 10.2. The highest BCUT2D eigenvalue weighted by Crippen LogP contribution is 2.31. The molecule has 1 N–H and O–H groups in total. The molecule has 128 valence electrons. The van der Waals surface area contributed by atoms with Gasteiger partial charge >= 0.3 is 0 Å². The average Bonchev–Trinajstić information content (AvgIpc) is 3.16. The van der Waals surface area contributed by atoms with Crippen molar-refractivity contribution in [3.63, 3.8) is 0 Å². The molecular weight excluding hydrogens is 368 g/mol. The van der Waals surface area contributed by atoms with E-state index in [1.54, 1.807) is 29.5 Å². The molecule has 0 saturated carbocycles. The smallest absolute Gasteiger partial charge is 0.235 e. The van der Waals surface area contributed by atoms with Crippen LogP contribution in [0.2, 0.25) is 5.02 Å². The summed E-state index contributed by atoms with van der Waals surface area (Å²) in [5, 5.41) is 5.14. The van der Waals surface area contributed by atoms with Gasteiger partial charge in [0.1, 0.15) is 0 Å². The largest absolute Gasteiger partial charge is 0.325 e. The molecule has 1 aromatic heterocycles. The number of carbonyl (C=O) groups is 1. The van der Waals surface area contributed by atoms with Crippen LogP contribution >= 0.6 is 22.9 Å². The standard InChI is InChI=1S/C16H17ClN2O3S2/c17-14-6-4-12(19-8-2-10-24(19,21)22)11-15(14)18-16(20)7-5-13-3-1-9-23-13/h1,3-4,6,9,11H,2,5,7-8,10H2,(H,18,20). The second-order valence-electron chi connectivity index (χ2n) is 5.53. The van der Waals surface area contributed by atoms with E-state index in [1.807, 2.05) is 17.5 Å². The van der Waals surface area contributed by atoms with E-state index >= 15 is 0 Å². The van der Waals surface area contributed by atoms with Gasteiger partial charge in [0.25, 0.3) is 0 Å². The van der Waals surface area contributed by atoms with E-state index in [2.05, 4.69) is 5.32 Å². The molecule has 1 aliphatic heterocycles. The van der Waals surface area contributed by atoms with Crippen LogP contribution in [0.25, 0.3) is 0 Å². The van der Waals surface area contributed by atoms with E-state index in [9.17, 15) is 13.2 Å². The molecule has 5 nitrogen and oxygen atoms in total. The second-order valence-corrected chi connectivity index (χ2v) is 8.99. The normalized spacial score (nSPS) is 16.3. The maximum atomic E-state index is 12.1. The second kappa shape index (κ2) is 7.13. The molecule has 1 fully saturated rings. The third-order valence-electron chi connectivity index (χ3n) is 3.79. The zero-order valence-electron chi connectivity index (χ0n) is 12.9. The molecule has 2 heterocycles. The van der Waals surface area contributed by atoms with Gasteiger partial charge in [-0.25, -0.2) is 8.42 Å². The molecule has 0 spiro atoms. The Morgan fingerprint density at radius 3 is 2.83 bits per heavy atom. The molecule has 0 bridgehead atoms. The number of anilines is 2. The molecule has 2 aromatic rings. The lowest BCUT2D eigenvalue weighted by Crippen LogP contribution is -2.25. The first kappa shape index (κ1) is 17.3. The van der Waals surface area contributed by atoms with Gasteiger partial charge in [0.05, 0.1) is 22.2 Å². The Hall–Kier alpha value is -1.57. The molecule has 0 atom stereocenters. The van der Waals surface area contributed by atoms with E-state index in [0.717, 1.165) is 4.88 Å². The minimum absolute atomic E-state index is 0.147. The summed E-state index contributed by atoms with van der Waals surface area (Å²) in [6.45, 7) is 0.454. The molecule has 8 heteroatoms. The first-order valence-corrected chi connectivity index (χ1v) is 10.4. The monoisotopic (exact) mass is 384 g/mol. The van der Waals surface area contributed by atoms with Crippen molar-refractivity contribution in [1.82, 2.24) is 0 Å². The summed E-state index contributed by atoms with van der Waals surface area (Å²) in [5.74, 6) is 0.00438. The molecular formula is C16H17ClN2O3S2. The predicted octanol–water partition coefficient (Wildman–Crippen LogP) is 3.51. The van der Waals surface area contributed by atoms with Crippen molar-refractivity contribution in [2.75, 3.05) is 21.9 Å². The van der Waals surface area contributed by atoms with Gasteiger partial charge in [-0.2, -0.15) is 0 Å². The van der Waals surface area contributed by atoms with E-state index in [1.165, 1.54) is 4.31 Å². The van der Waals surface area contributed by atoms with Crippen LogP contribution in [0.3, 0.4) is 0 Å². The van der Waals surface area contributed by atoms with Crippen molar-refractivity contribution < 1.29 is 13.2 Å². The summed E-state index contributed by atoms with van der Waals surface area (Å²) in [6.07, 6.45) is 1.62. The Morgan fingerprint density at radius 2 is 2.17 bits per heavy atom. The fourth-order valence-electron chi connectivity index (χ4n) is 2.60. The number of halogens is 1.